The first kappa shape index (κ1) is 21.8. The molecule has 1 aromatic carbocycles. The molecule has 2 aliphatic rings. The maximum atomic E-state index is 6.79. The molecule has 1 aliphatic carbocycles. The highest BCUT2D eigenvalue weighted by Crippen LogP contribution is 2.51. The van der Waals surface area contributed by atoms with Crippen molar-refractivity contribution in [3.05, 3.63) is 76.7 Å². The predicted molar refractivity (Wildman–Crippen MR) is 139 cm³/mol. The van der Waals surface area contributed by atoms with Crippen LogP contribution in [-0.4, -0.2) is 27.5 Å². The van der Waals surface area contributed by atoms with Gasteiger partial charge in [-0.3, -0.25) is 4.40 Å². The summed E-state index contributed by atoms with van der Waals surface area (Å²) < 4.78 is 2.19. The molecule has 1 saturated heterocycles. The Morgan fingerprint density at radius 3 is 2.71 bits per heavy atom. The van der Waals surface area contributed by atoms with E-state index in [1.54, 1.807) is 18.0 Å². The Hall–Kier alpha value is -2.74. The van der Waals surface area contributed by atoms with Gasteiger partial charge in [0.2, 0.25) is 0 Å². The molecule has 1 fully saturated rings. The molecule has 34 heavy (non-hydrogen) atoms. The lowest BCUT2D eigenvalue weighted by Gasteiger charge is -2.43. The zero-order chi connectivity index (χ0) is 23.4. The smallest absolute Gasteiger partial charge is 0.152 e. The number of pyridine rings is 2. The van der Waals surface area contributed by atoms with Gasteiger partial charge in [-0.1, -0.05) is 47.6 Å². The molecule has 8 heteroatoms. The molecular formula is C26H27ClN6S. The van der Waals surface area contributed by atoms with Gasteiger partial charge in [-0.05, 0) is 60.4 Å². The molecule has 0 saturated carbocycles. The Bertz CT molecular complexity index is 1390. The molecule has 6 nitrogen and oxygen atoms in total. The van der Waals surface area contributed by atoms with Crippen molar-refractivity contribution in [1.29, 1.82) is 0 Å². The van der Waals surface area contributed by atoms with E-state index in [4.69, 9.17) is 28.1 Å². The number of aryl methyl sites for hydroxylation is 1. The van der Waals surface area contributed by atoms with Gasteiger partial charge in [0.05, 0.1) is 9.92 Å². The van der Waals surface area contributed by atoms with E-state index >= 15 is 0 Å². The van der Waals surface area contributed by atoms with Gasteiger partial charge in [-0.25, -0.2) is 9.97 Å². The summed E-state index contributed by atoms with van der Waals surface area (Å²) >= 11 is 8.01. The molecule has 0 unspecified atom stereocenters. The second-order valence-electron chi connectivity index (χ2n) is 9.45. The van der Waals surface area contributed by atoms with Crippen LogP contribution in [0.25, 0.3) is 5.65 Å². The first-order valence-corrected chi connectivity index (χ1v) is 12.8. The van der Waals surface area contributed by atoms with E-state index in [1.165, 1.54) is 16.9 Å². The third-order valence-corrected chi connectivity index (χ3v) is 9.34. The summed E-state index contributed by atoms with van der Waals surface area (Å²) in [6.07, 6.45) is 8.84. The Labute approximate surface area is 208 Å². The van der Waals surface area contributed by atoms with Crippen molar-refractivity contribution in [2.75, 3.05) is 23.7 Å². The fraction of sp³-hybridized carbons (Fsp3) is 0.308. The first-order valence-electron chi connectivity index (χ1n) is 11.6. The minimum atomic E-state index is 0.122. The number of fused-ring (bicyclic) bond motifs is 2. The van der Waals surface area contributed by atoms with E-state index in [0.717, 1.165) is 53.4 Å². The Kier molecular flexibility index (Phi) is 5.24. The van der Waals surface area contributed by atoms with E-state index in [0.29, 0.717) is 10.8 Å². The largest absolute Gasteiger partial charge is 0.382 e. The molecule has 0 amide bonds. The molecule has 0 radical (unpaired) electrons. The number of rotatable bonds is 3. The SMILES string of the molecule is Cc1cc(N2CCC3(CC2)Cc2ccccc2[C@H]3N)n2ccnc2c1Sc1ccnc(N)c1Cl. The number of imidazole rings is 1. The van der Waals surface area contributed by atoms with E-state index in [9.17, 15) is 0 Å². The van der Waals surface area contributed by atoms with E-state index in [1.807, 2.05) is 18.5 Å². The summed E-state index contributed by atoms with van der Waals surface area (Å²) in [5, 5.41) is 0.482. The summed E-state index contributed by atoms with van der Waals surface area (Å²) in [5.74, 6) is 1.52. The van der Waals surface area contributed by atoms with E-state index in [-0.39, 0.29) is 11.5 Å². The molecule has 4 N–H and O–H groups in total. The van der Waals surface area contributed by atoms with Gasteiger partial charge in [0.1, 0.15) is 11.6 Å². The topological polar surface area (TPSA) is 85.5 Å². The van der Waals surface area contributed by atoms with Crippen LogP contribution in [0.5, 0.6) is 0 Å². The number of aromatic nitrogens is 3. The Morgan fingerprint density at radius 1 is 1.12 bits per heavy atom. The summed E-state index contributed by atoms with van der Waals surface area (Å²) in [6, 6.07) is 13.0. The monoisotopic (exact) mass is 490 g/mol. The standard InChI is InChI=1S/C26H27ClN6S/c1-16-14-20(32-11-7-26(8-12-32)15-17-4-2-3-5-18(17)23(26)28)33-13-10-31-25(33)22(16)34-19-6-9-30-24(29)21(19)27/h2-6,9-10,13-14,23H,7-8,11-12,15,28H2,1H3,(H2,29,30)/t23-/m1/s1. The predicted octanol–water partition coefficient (Wildman–Crippen LogP) is 5.27. The highest BCUT2D eigenvalue weighted by atomic mass is 35.5. The minimum absolute atomic E-state index is 0.122. The zero-order valence-electron chi connectivity index (χ0n) is 19.0. The van der Waals surface area contributed by atoms with Crippen LogP contribution in [0.1, 0.15) is 35.6 Å². The van der Waals surface area contributed by atoms with E-state index in [2.05, 4.69) is 51.5 Å². The molecule has 0 bridgehead atoms. The zero-order valence-corrected chi connectivity index (χ0v) is 20.6. The quantitative estimate of drug-likeness (QED) is 0.407. The summed E-state index contributed by atoms with van der Waals surface area (Å²) in [7, 11) is 0. The van der Waals surface area contributed by atoms with Crippen molar-refractivity contribution in [2.45, 2.75) is 42.0 Å². The number of hydrogen-bond acceptors (Lipinski definition) is 6. The lowest BCUT2D eigenvalue weighted by molar-refractivity contribution is 0.187. The maximum absolute atomic E-state index is 6.79. The summed E-state index contributed by atoms with van der Waals surface area (Å²) in [5.41, 5.74) is 17.7. The third kappa shape index (κ3) is 3.37. The van der Waals surface area contributed by atoms with Crippen molar-refractivity contribution in [3.8, 4) is 0 Å². The van der Waals surface area contributed by atoms with Crippen LogP contribution >= 0.6 is 23.4 Å². The Morgan fingerprint density at radius 2 is 1.91 bits per heavy atom. The van der Waals surface area contributed by atoms with Gasteiger partial charge >= 0.3 is 0 Å². The van der Waals surface area contributed by atoms with Crippen molar-refractivity contribution in [1.82, 2.24) is 14.4 Å². The molecule has 1 spiro atoms. The third-order valence-electron chi connectivity index (χ3n) is 7.56. The van der Waals surface area contributed by atoms with Crippen LogP contribution in [-0.2, 0) is 6.42 Å². The van der Waals surface area contributed by atoms with E-state index < -0.39 is 0 Å². The number of hydrogen-bond donors (Lipinski definition) is 2. The molecule has 174 valence electrons. The van der Waals surface area contributed by atoms with Gasteiger partial charge in [-0.2, -0.15) is 0 Å². The van der Waals surface area contributed by atoms with Crippen LogP contribution < -0.4 is 16.4 Å². The number of halogens is 1. The van der Waals surface area contributed by atoms with Crippen LogP contribution in [0.4, 0.5) is 11.6 Å². The normalized spacial score (nSPS) is 19.1. The molecule has 1 aliphatic heterocycles. The maximum Gasteiger partial charge on any atom is 0.152 e. The summed E-state index contributed by atoms with van der Waals surface area (Å²) in [6.45, 7) is 4.09. The number of anilines is 2. The van der Waals surface area contributed by atoms with Crippen molar-refractivity contribution in [2.24, 2.45) is 11.1 Å². The lowest BCUT2D eigenvalue weighted by Crippen LogP contribution is -2.44. The fourth-order valence-electron chi connectivity index (χ4n) is 5.65. The molecule has 1 atom stereocenters. The van der Waals surface area contributed by atoms with Crippen LogP contribution in [0.3, 0.4) is 0 Å². The Balaban J connectivity index is 1.29. The highest BCUT2D eigenvalue weighted by molar-refractivity contribution is 7.99. The minimum Gasteiger partial charge on any atom is -0.382 e. The van der Waals surface area contributed by atoms with Gasteiger partial charge < -0.3 is 16.4 Å². The number of nitrogen functional groups attached to an aromatic ring is 1. The van der Waals surface area contributed by atoms with Crippen LogP contribution in [0.15, 0.2) is 64.8 Å². The molecule has 3 aromatic heterocycles. The second kappa shape index (κ2) is 8.18. The average molecular weight is 491 g/mol. The van der Waals surface area contributed by atoms with Gasteiger partial charge in [0.25, 0.3) is 0 Å². The van der Waals surface area contributed by atoms with Gasteiger partial charge in [-0.15, -0.1) is 0 Å². The molecule has 6 rings (SSSR count). The van der Waals surface area contributed by atoms with Crippen molar-refractivity contribution >= 4 is 40.6 Å². The van der Waals surface area contributed by atoms with Crippen LogP contribution in [0, 0.1) is 12.3 Å². The van der Waals surface area contributed by atoms with Crippen molar-refractivity contribution < 1.29 is 0 Å². The number of nitrogens with zero attached hydrogens (tertiary/aromatic N) is 4. The van der Waals surface area contributed by atoms with Gasteiger partial charge in [0.15, 0.2) is 5.65 Å². The lowest BCUT2D eigenvalue weighted by atomic mass is 9.73. The number of piperidine rings is 1. The first-order chi connectivity index (χ1) is 16.5. The molecular weight excluding hydrogens is 464 g/mol. The second-order valence-corrected chi connectivity index (χ2v) is 10.9. The van der Waals surface area contributed by atoms with Crippen LogP contribution in [0.2, 0.25) is 5.02 Å². The van der Waals surface area contributed by atoms with Gasteiger partial charge in [0, 0.05) is 42.6 Å². The average Bonchev–Trinajstić information content (AvgIpc) is 3.43. The summed E-state index contributed by atoms with van der Waals surface area (Å²) in [4.78, 5) is 13.2. The molecule has 4 aromatic rings. The number of nitrogens with two attached hydrogens (primary N) is 2. The molecule has 4 heterocycles. The fourth-order valence-corrected chi connectivity index (χ4v) is 6.88. The number of benzene rings is 1. The highest BCUT2D eigenvalue weighted by Gasteiger charge is 2.46. The van der Waals surface area contributed by atoms with Crippen molar-refractivity contribution in [3.63, 3.8) is 0 Å².